The van der Waals surface area contributed by atoms with E-state index in [-0.39, 0.29) is 48.3 Å². The number of piperidine rings is 2. The summed E-state index contributed by atoms with van der Waals surface area (Å²) in [4.78, 5) is 78.1. The van der Waals surface area contributed by atoms with Gasteiger partial charge in [0.05, 0.1) is 35.7 Å². The molecule has 378 valence electrons. The monoisotopic (exact) mass is 1040 g/mol. The molecule has 4 amide bonds. The smallest absolute Gasteiger partial charge is 0.255 e. The van der Waals surface area contributed by atoms with Crippen molar-refractivity contribution < 1.29 is 28.7 Å². The van der Waals surface area contributed by atoms with Crippen LogP contribution in [0, 0.1) is 45.3 Å². The second-order valence-electron chi connectivity index (χ2n) is 22.2. The molecule has 0 spiro atoms. The van der Waals surface area contributed by atoms with Crippen LogP contribution in [0.15, 0.2) is 29.4 Å². The standard InChI is InChI=1S/C25H37BrN6O3Si.C25H34N6O3/c1-25(2,3)21(24(34)31-9-7-17(13-27)8-10-31)30-23(33)18-15-32(16-35-11-12-36(4,5)6)22-20(18)29-19(26)14-28-22;1-25(2,3)21(24(33)31-11-9-16(13-26)10-12-31)30-23(32)18-14-27-22-20(18)29-19(15-28-22)34-17-7-5-4-6-8-17/h14-15,17,21H,7-12,16H2,1-6H3,(H,30,33);14-17,21H,4-12H2,1-3H3,(H,27,28)(H,30,32)/t2*21-/m00/s1. The lowest BCUT2D eigenvalue weighted by Crippen LogP contribution is -2.56. The van der Waals surface area contributed by atoms with E-state index >= 15 is 0 Å². The summed E-state index contributed by atoms with van der Waals surface area (Å²) >= 11 is 3.35. The number of amides is 4. The van der Waals surface area contributed by atoms with Gasteiger partial charge in [-0.3, -0.25) is 19.2 Å². The number of aromatic nitrogens is 6. The van der Waals surface area contributed by atoms with Crippen molar-refractivity contribution in [3.05, 3.63) is 40.5 Å². The summed E-state index contributed by atoms with van der Waals surface area (Å²) in [6.07, 6.45) is 14.7. The summed E-state index contributed by atoms with van der Waals surface area (Å²) < 4.78 is 14.2. The zero-order valence-electron chi connectivity index (χ0n) is 42.4. The number of rotatable bonds is 13. The van der Waals surface area contributed by atoms with Crippen LogP contribution in [0.25, 0.3) is 22.3 Å². The fourth-order valence-electron chi connectivity index (χ4n) is 8.83. The summed E-state index contributed by atoms with van der Waals surface area (Å²) in [5, 5.41) is 24.3. The van der Waals surface area contributed by atoms with E-state index in [0.717, 1.165) is 31.7 Å². The summed E-state index contributed by atoms with van der Waals surface area (Å²) in [5.41, 5.74) is 1.60. The summed E-state index contributed by atoms with van der Waals surface area (Å²) in [6.45, 7) is 21.5. The first-order valence-corrected chi connectivity index (χ1v) is 29.1. The van der Waals surface area contributed by atoms with E-state index in [1.54, 1.807) is 39.2 Å². The molecule has 70 heavy (non-hydrogen) atoms. The Morgan fingerprint density at radius 2 is 1.33 bits per heavy atom. The Bertz CT molecular complexity index is 2560. The normalized spacial score (nSPS) is 17.5. The Morgan fingerprint density at radius 1 is 0.786 bits per heavy atom. The van der Waals surface area contributed by atoms with Gasteiger partial charge >= 0.3 is 0 Å². The maximum absolute atomic E-state index is 13.5. The Hall–Kier alpha value is -5.44. The number of hydrogen-bond acceptors (Lipinski definition) is 12. The van der Waals surface area contributed by atoms with Crippen LogP contribution < -0.4 is 15.4 Å². The number of carbonyl (C=O) groups is 4. The number of nitrogens with one attached hydrogen (secondary N) is 3. The molecule has 0 radical (unpaired) electrons. The van der Waals surface area contributed by atoms with Crippen LogP contribution in [-0.4, -0.2) is 122 Å². The van der Waals surface area contributed by atoms with Crippen LogP contribution in [0.5, 0.6) is 5.88 Å². The first-order chi connectivity index (χ1) is 33.1. The van der Waals surface area contributed by atoms with Crippen LogP contribution >= 0.6 is 15.9 Å². The minimum Gasteiger partial charge on any atom is -0.473 e. The quantitative estimate of drug-likeness (QED) is 0.0854. The number of fused-ring (bicyclic) bond motifs is 2. The van der Waals surface area contributed by atoms with Gasteiger partial charge in [0.25, 0.3) is 11.8 Å². The van der Waals surface area contributed by atoms with E-state index in [4.69, 9.17) is 14.7 Å². The minimum atomic E-state index is -1.22. The number of ether oxygens (including phenoxy) is 2. The van der Waals surface area contributed by atoms with Crippen LogP contribution in [0.1, 0.15) is 120 Å². The number of likely N-dealkylation sites (tertiary alicyclic amines) is 2. The molecule has 3 N–H and O–H groups in total. The molecule has 1 aliphatic carbocycles. The fraction of sp³-hybridized carbons (Fsp3) is 0.640. The van der Waals surface area contributed by atoms with E-state index < -0.39 is 31.0 Å². The summed E-state index contributed by atoms with van der Waals surface area (Å²) in [5.74, 6) is -0.627. The maximum atomic E-state index is 13.5. The van der Waals surface area contributed by atoms with Gasteiger partial charge in [0.1, 0.15) is 40.6 Å². The third kappa shape index (κ3) is 14.1. The molecule has 4 aromatic heterocycles. The highest BCUT2D eigenvalue weighted by molar-refractivity contribution is 9.10. The number of aromatic amines is 1. The first-order valence-electron chi connectivity index (χ1n) is 24.6. The zero-order valence-corrected chi connectivity index (χ0v) is 44.9. The highest BCUT2D eigenvalue weighted by Crippen LogP contribution is 2.29. The minimum absolute atomic E-state index is 0.0125. The van der Waals surface area contributed by atoms with Crippen molar-refractivity contribution in [3.63, 3.8) is 0 Å². The molecule has 3 aliphatic rings. The van der Waals surface area contributed by atoms with Crippen LogP contribution in [0.3, 0.4) is 0 Å². The molecule has 18 nitrogen and oxygen atoms in total. The molecular formula is C50H71BrN12O6Si. The van der Waals surface area contributed by atoms with Crippen molar-refractivity contribution in [2.24, 2.45) is 22.7 Å². The molecule has 4 aromatic rings. The Morgan fingerprint density at radius 3 is 1.84 bits per heavy atom. The second-order valence-corrected chi connectivity index (χ2v) is 28.6. The molecule has 2 atom stereocenters. The molecule has 2 saturated heterocycles. The van der Waals surface area contributed by atoms with Gasteiger partial charge < -0.3 is 39.5 Å². The molecule has 0 aromatic carbocycles. The highest BCUT2D eigenvalue weighted by atomic mass is 79.9. The number of carbonyl (C=O) groups excluding carboxylic acids is 4. The van der Waals surface area contributed by atoms with Crippen molar-refractivity contribution in [2.45, 2.75) is 150 Å². The average molecular weight is 1040 g/mol. The fourth-order valence-corrected chi connectivity index (χ4v) is 9.87. The third-order valence-electron chi connectivity index (χ3n) is 13.2. The van der Waals surface area contributed by atoms with E-state index in [1.807, 2.05) is 41.5 Å². The molecule has 20 heteroatoms. The molecular weight excluding hydrogens is 973 g/mol. The average Bonchev–Trinajstić information content (AvgIpc) is 3.91. The largest absolute Gasteiger partial charge is 0.473 e. The van der Waals surface area contributed by atoms with Crippen LogP contribution in [0.2, 0.25) is 25.7 Å². The first kappa shape index (κ1) is 53.9. The van der Waals surface area contributed by atoms with Crippen molar-refractivity contribution in [1.29, 1.82) is 10.5 Å². The molecule has 1 saturated carbocycles. The van der Waals surface area contributed by atoms with Gasteiger partial charge in [0, 0.05) is 65.1 Å². The number of halogens is 1. The maximum Gasteiger partial charge on any atom is 0.255 e. The van der Waals surface area contributed by atoms with Gasteiger partial charge in [-0.05, 0) is 84.2 Å². The van der Waals surface area contributed by atoms with Crippen molar-refractivity contribution in [2.75, 3.05) is 32.8 Å². The summed E-state index contributed by atoms with van der Waals surface area (Å²) in [6, 6.07) is 4.18. The molecule has 0 unspecified atom stereocenters. The predicted octanol–water partition coefficient (Wildman–Crippen LogP) is 7.99. The number of nitrogens with zero attached hydrogens (tertiary/aromatic N) is 9. The third-order valence-corrected chi connectivity index (χ3v) is 15.3. The summed E-state index contributed by atoms with van der Waals surface area (Å²) in [7, 11) is -1.22. The Balaban J connectivity index is 0.000000230. The molecule has 3 fully saturated rings. The predicted molar refractivity (Wildman–Crippen MR) is 272 cm³/mol. The van der Waals surface area contributed by atoms with E-state index in [9.17, 15) is 24.4 Å². The van der Waals surface area contributed by atoms with Gasteiger partial charge in [0.2, 0.25) is 17.7 Å². The van der Waals surface area contributed by atoms with Gasteiger partial charge in [0.15, 0.2) is 11.3 Å². The van der Waals surface area contributed by atoms with Gasteiger partial charge in [-0.25, -0.2) is 19.9 Å². The lowest BCUT2D eigenvalue weighted by molar-refractivity contribution is -0.137. The van der Waals surface area contributed by atoms with E-state index in [2.05, 4.69) is 83.3 Å². The van der Waals surface area contributed by atoms with Crippen molar-refractivity contribution in [1.82, 2.24) is 49.9 Å². The van der Waals surface area contributed by atoms with Gasteiger partial charge in [-0.2, -0.15) is 10.5 Å². The number of hydrogen-bond donors (Lipinski definition) is 3. The second kappa shape index (κ2) is 23.2. The van der Waals surface area contributed by atoms with Crippen molar-refractivity contribution >= 4 is 70.0 Å². The highest BCUT2D eigenvalue weighted by Gasteiger charge is 2.39. The van der Waals surface area contributed by atoms with Gasteiger partial charge in [-0.15, -0.1) is 0 Å². The SMILES string of the molecule is CC(C)(C)[C@@H](NC(=O)c1c[nH]c2ncc(OC3CCCCC3)nc12)C(=O)N1CCC(C#N)CC1.CC(C)(C)[C@@H](NC(=O)c1cn(COCC[Si](C)(C)C)c2ncc(Br)nc12)C(=O)N1CCC(C#N)CC1. The zero-order chi connectivity index (χ0) is 51.0. The van der Waals surface area contributed by atoms with Gasteiger partial charge in [-0.1, -0.05) is 67.6 Å². The molecule has 6 heterocycles. The van der Waals surface area contributed by atoms with E-state index in [0.29, 0.717) is 102 Å². The topological polar surface area (TPSA) is 237 Å². The molecule has 7 rings (SSSR count). The molecule has 2 aliphatic heterocycles. The number of nitriles is 2. The lowest BCUT2D eigenvalue weighted by Gasteiger charge is -2.37. The van der Waals surface area contributed by atoms with E-state index in [1.165, 1.54) is 6.42 Å². The lowest BCUT2D eigenvalue weighted by atomic mass is 9.85. The Labute approximate surface area is 421 Å². The number of H-pyrrole nitrogens is 1. The van der Waals surface area contributed by atoms with Crippen LogP contribution in [0.4, 0.5) is 0 Å². The van der Waals surface area contributed by atoms with Crippen LogP contribution in [-0.2, 0) is 21.1 Å². The Kier molecular flexibility index (Phi) is 17.9. The molecule has 0 bridgehead atoms. The van der Waals surface area contributed by atoms with Crippen molar-refractivity contribution in [3.8, 4) is 18.0 Å².